The van der Waals surface area contributed by atoms with Crippen LogP contribution in [0.15, 0.2) is 53.1 Å². The van der Waals surface area contributed by atoms with Gasteiger partial charge in [-0.05, 0) is 42.5 Å². The van der Waals surface area contributed by atoms with Gasteiger partial charge in [-0.25, -0.2) is 0 Å². The van der Waals surface area contributed by atoms with E-state index >= 15 is 0 Å². The molecule has 0 atom stereocenters. The molecule has 3 nitrogen and oxygen atoms in total. The second-order valence-electron chi connectivity index (χ2n) is 6.59. The summed E-state index contributed by atoms with van der Waals surface area (Å²) in [7, 11) is 0. The van der Waals surface area contributed by atoms with Crippen LogP contribution in [0.25, 0.3) is 11.0 Å². The Morgan fingerprint density at radius 1 is 1.08 bits per heavy atom. The highest BCUT2D eigenvalue weighted by Crippen LogP contribution is 2.24. The highest BCUT2D eigenvalue weighted by atomic mass is 16.3. The normalized spacial score (nSPS) is 14.5. The van der Waals surface area contributed by atoms with Crippen LogP contribution in [0.1, 0.15) is 22.3 Å². The van der Waals surface area contributed by atoms with Crippen molar-refractivity contribution in [2.24, 2.45) is 0 Å². The molecule has 0 aliphatic carbocycles. The number of rotatable bonds is 2. The number of nitrogens with zero attached hydrogens (tertiary/aromatic N) is 1. The molecule has 122 valence electrons. The monoisotopic (exact) mass is 319 g/mol. The molecule has 3 aromatic rings. The molecule has 0 saturated carbocycles. The largest absolute Gasteiger partial charge is 0.464 e. The average Bonchev–Trinajstić information content (AvgIpc) is 2.84. The predicted octanol–water partition coefficient (Wildman–Crippen LogP) is 3.91. The molecule has 1 aliphatic heterocycles. The number of furan rings is 1. The van der Waals surface area contributed by atoms with E-state index in [0.717, 1.165) is 42.5 Å². The molecule has 1 aliphatic rings. The van der Waals surface area contributed by atoms with Gasteiger partial charge in [0.1, 0.15) is 5.58 Å². The summed E-state index contributed by atoms with van der Waals surface area (Å²) in [5.74, 6) is 0.186. The maximum Gasteiger partial charge on any atom is 0.227 e. The van der Waals surface area contributed by atoms with Gasteiger partial charge < -0.3 is 9.32 Å². The number of aryl methyl sites for hydroxylation is 1. The topological polar surface area (TPSA) is 33.5 Å². The van der Waals surface area contributed by atoms with Crippen LogP contribution in [-0.4, -0.2) is 23.9 Å². The summed E-state index contributed by atoms with van der Waals surface area (Å²) in [6.45, 7) is 3.64. The Morgan fingerprint density at radius 2 is 1.79 bits per heavy atom. The van der Waals surface area contributed by atoms with Crippen molar-refractivity contribution in [3.05, 3.63) is 71.0 Å². The van der Waals surface area contributed by atoms with E-state index in [-0.39, 0.29) is 5.91 Å². The van der Waals surface area contributed by atoms with Gasteiger partial charge in [-0.1, -0.05) is 36.4 Å². The van der Waals surface area contributed by atoms with Crippen molar-refractivity contribution in [2.75, 3.05) is 13.1 Å². The number of fused-ring (bicyclic) bond motifs is 2. The van der Waals surface area contributed by atoms with E-state index in [1.807, 2.05) is 17.9 Å². The average molecular weight is 319 g/mol. The van der Waals surface area contributed by atoms with Crippen molar-refractivity contribution in [1.82, 2.24) is 4.90 Å². The van der Waals surface area contributed by atoms with Gasteiger partial charge in [-0.2, -0.15) is 0 Å². The zero-order valence-corrected chi connectivity index (χ0v) is 13.9. The molecule has 2 heterocycles. The third kappa shape index (κ3) is 2.82. The molecule has 0 radical (unpaired) electrons. The van der Waals surface area contributed by atoms with Crippen LogP contribution < -0.4 is 0 Å². The maximum absolute atomic E-state index is 12.8. The van der Waals surface area contributed by atoms with Gasteiger partial charge in [0.05, 0.1) is 12.7 Å². The van der Waals surface area contributed by atoms with Crippen LogP contribution in [0.4, 0.5) is 0 Å². The minimum absolute atomic E-state index is 0.186. The Bertz CT molecular complexity index is 867. The lowest BCUT2D eigenvalue weighted by Gasteiger charge is -2.20. The van der Waals surface area contributed by atoms with Crippen molar-refractivity contribution in [3.8, 4) is 0 Å². The SMILES string of the molecule is Cc1ccc2c(CC(=O)N3CCc4ccccc4CC3)coc2c1. The van der Waals surface area contributed by atoms with Crippen molar-refractivity contribution < 1.29 is 9.21 Å². The summed E-state index contributed by atoms with van der Waals surface area (Å²) in [6.07, 6.45) is 4.02. The Kier molecular flexibility index (Phi) is 3.85. The molecule has 0 spiro atoms. The first-order valence-corrected chi connectivity index (χ1v) is 8.52. The number of carbonyl (C=O) groups is 1. The lowest BCUT2D eigenvalue weighted by molar-refractivity contribution is -0.130. The molecule has 0 N–H and O–H groups in total. The third-order valence-electron chi connectivity index (χ3n) is 4.93. The van der Waals surface area contributed by atoms with Crippen LogP contribution in [0.3, 0.4) is 0 Å². The zero-order chi connectivity index (χ0) is 16.5. The van der Waals surface area contributed by atoms with Gasteiger partial charge in [0.25, 0.3) is 0 Å². The van der Waals surface area contributed by atoms with E-state index in [2.05, 4.69) is 36.4 Å². The van der Waals surface area contributed by atoms with Crippen molar-refractivity contribution in [3.63, 3.8) is 0 Å². The fourth-order valence-corrected chi connectivity index (χ4v) is 3.52. The molecular weight excluding hydrogens is 298 g/mol. The third-order valence-corrected chi connectivity index (χ3v) is 4.93. The van der Waals surface area contributed by atoms with E-state index in [9.17, 15) is 4.79 Å². The van der Waals surface area contributed by atoms with Crippen LogP contribution in [0, 0.1) is 6.92 Å². The number of amides is 1. The number of hydrogen-bond acceptors (Lipinski definition) is 2. The number of hydrogen-bond donors (Lipinski definition) is 0. The van der Waals surface area contributed by atoms with E-state index in [1.54, 1.807) is 6.26 Å². The summed E-state index contributed by atoms with van der Waals surface area (Å²) < 4.78 is 5.62. The highest BCUT2D eigenvalue weighted by molar-refractivity contribution is 5.88. The Balaban J connectivity index is 1.50. The minimum Gasteiger partial charge on any atom is -0.464 e. The molecular formula is C21H21NO2. The standard InChI is InChI=1S/C21H21NO2/c1-15-6-7-19-18(14-24-20(19)12-15)13-21(23)22-10-8-16-4-2-3-5-17(16)9-11-22/h2-7,12,14H,8-11,13H2,1H3. The lowest BCUT2D eigenvalue weighted by Crippen LogP contribution is -2.34. The fraction of sp³-hybridized carbons (Fsp3) is 0.286. The summed E-state index contributed by atoms with van der Waals surface area (Å²) >= 11 is 0. The second-order valence-corrected chi connectivity index (χ2v) is 6.59. The first-order chi connectivity index (χ1) is 11.7. The van der Waals surface area contributed by atoms with E-state index in [0.29, 0.717) is 6.42 Å². The minimum atomic E-state index is 0.186. The van der Waals surface area contributed by atoms with Gasteiger partial charge in [-0.3, -0.25) is 4.79 Å². The van der Waals surface area contributed by atoms with Crippen LogP contribution in [0.2, 0.25) is 0 Å². The predicted molar refractivity (Wildman–Crippen MR) is 95.1 cm³/mol. The van der Waals surface area contributed by atoms with E-state index in [1.165, 1.54) is 16.7 Å². The molecule has 0 bridgehead atoms. The van der Waals surface area contributed by atoms with Crippen molar-refractivity contribution in [2.45, 2.75) is 26.2 Å². The smallest absolute Gasteiger partial charge is 0.227 e. The van der Waals surface area contributed by atoms with Crippen molar-refractivity contribution in [1.29, 1.82) is 0 Å². The van der Waals surface area contributed by atoms with Gasteiger partial charge in [0.2, 0.25) is 5.91 Å². The molecule has 0 unspecified atom stereocenters. The highest BCUT2D eigenvalue weighted by Gasteiger charge is 2.20. The molecule has 0 saturated heterocycles. The summed E-state index contributed by atoms with van der Waals surface area (Å²) in [4.78, 5) is 14.8. The lowest BCUT2D eigenvalue weighted by atomic mass is 10.0. The van der Waals surface area contributed by atoms with Crippen LogP contribution >= 0.6 is 0 Å². The molecule has 0 fully saturated rings. The van der Waals surface area contributed by atoms with E-state index < -0.39 is 0 Å². The first-order valence-electron chi connectivity index (χ1n) is 8.52. The fourth-order valence-electron chi connectivity index (χ4n) is 3.52. The summed E-state index contributed by atoms with van der Waals surface area (Å²) in [5, 5.41) is 1.05. The molecule has 24 heavy (non-hydrogen) atoms. The Morgan fingerprint density at radius 3 is 2.50 bits per heavy atom. The Hall–Kier alpha value is -2.55. The van der Waals surface area contributed by atoms with Gasteiger partial charge in [-0.15, -0.1) is 0 Å². The number of benzene rings is 2. The van der Waals surface area contributed by atoms with Gasteiger partial charge in [0, 0.05) is 24.0 Å². The van der Waals surface area contributed by atoms with Gasteiger partial charge in [0.15, 0.2) is 0 Å². The van der Waals surface area contributed by atoms with Crippen LogP contribution in [-0.2, 0) is 24.1 Å². The molecule has 4 rings (SSSR count). The maximum atomic E-state index is 12.8. The molecule has 1 aromatic heterocycles. The quantitative estimate of drug-likeness (QED) is 0.717. The van der Waals surface area contributed by atoms with Crippen LogP contribution in [0.5, 0.6) is 0 Å². The summed E-state index contributed by atoms with van der Waals surface area (Å²) in [6, 6.07) is 14.6. The first kappa shape index (κ1) is 15.0. The van der Waals surface area contributed by atoms with Crippen molar-refractivity contribution >= 4 is 16.9 Å². The Labute approximate surface area is 141 Å². The molecule has 1 amide bonds. The summed E-state index contributed by atoms with van der Waals surface area (Å²) in [5.41, 5.74) is 5.76. The molecule has 2 aromatic carbocycles. The number of carbonyl (C=O) groups excluding carboxylic acids is 1. The molecule has 3 heteroatoms. The zero-order valence-electron chi connectivity index (χ0n) is 13.9. The second kappa shape index (κ2) is 6.16. The van der Waals surface area contributed by atoms with E-state index in [4.69, 9.17) is 4.42 Å². The van der Waals surface area contributed by atoms with Gasteiger partial charge >= 0.3 is 0 Å².